The van der Waals surface area contributed by atoms with E-state index in [2.05, 4.69) is 0 Å². The summed E-state index contributed by atoms with van der Waals surface area (Å²) in [6.07, 6.45) is 1.13. The minimum Gasteiger partial charge on any atom is -0.502 e. The summed E-state index contributed by atoms with van der Waals surface area (Å²) < 4.78 is 27.8. The lowest BCUT2D eigenvalue weighted by atomic mass is 9.67. The van der Waals surface area contributed by atoms with Gasteiger partial charge in [0.15, 0.2) is 17.3 Å². The summed E-state index contributed by atoms with van der Waals surface area (Å²) in [5.74, 6) is -0.155. The normalized spacial score (nSPS) is 37.0. The van der Waals surface area contributed by atoms with Gasteiger partial charge in [0.2, 0.25) is 5.75 Å². The molecule has 1 spiro atoms. The first kappa shape index (κ1) is 17.5. The van der Waals surface area contributed by atoms with E-state index in [1.165, 1.54) is 14.2 Å². The quantitative estimate of drug-likeness (QED) is 0.610. The van der Waals surface area contributed by atoms with Crippen molar-refractivity contribution in [1.82, 2.24) is 0 Å². The van der Waals surface area contributed by atoms with Crippen molar-refractivity contribution in [1.29, 1.82) is 0 Å². The lowest BCUT2D eigenvalue weighted by Crippen LogP contribution is -2.62. The average Bonchev–Trinajstić information content (AvgIpc) is 3.19. The lowest BCUT2D eigenvalue weighted by Gasteiger charge is -2.46. The number of rotatable bonds is 3. The number of esters is 1. The Morgan fingerprint density at radius 2 is 1.93 bits per heavy atom. The molecular weight excluding hydrogens is 368 g/mol. The average molecular weight is 388 g/mol. The van der Waals surface area contributed by atoms with E-state index >= 15 is 0 Å². The van der Waals surface area contributed by atoms with Crippen molar-refractivity contribution in [3.05, 3.63) is 23.3 Å². The van der Waals surface area contributed by atoms with Gasteiger partial charge in [0.05, 0.1) is 14.2 Å². The molecule has 1 N–H and O–H groups in total. The minimum absolute atomic E-state index is 0.0832. The van der Waals surface area contributed by atoms with Crippen LogP contribution in [0.15, 0.2) is 17.7 Å². The number of Topliss-reactive ketones (excluding diaryl/α,β-unsaturated/α-hetero) is 1. The molecule has 148 valence electrons. The predicted octanol–water partition coefficient (Wildman–Crippen LogP) is 1.24. The van der Waals surface area contributed by atoms with E-state index in [9.17, 15) is 14.7 Å². The predicted molar refractivity (Wildman–Crippen MR) is 94.2 cm³/mol. The summed E-state index contributed by atoms with van der Waals surface area (Å²) >= 11 is 0. The highest BCUT2D eigenvalue weighted by atomic mass is 16.6. The van der Waals surface area contributed by atoms with Crippen LogP contribution in [0.4, 0.5) is 0 Å². The van der Waals surface area contributed by atoms with Crippen LogP contribution in [0.1, 0.15) is 18.4 Å². The number of phenolic OH excluding ortho intramolecular Hbond substituents is 1. The van der Waals surface area contributed by atoms with Crippen molar-refractivity contribution >= 4 is 17.8 Å². The molecule has 0 aromatic heterocycles. The van der Waals surface area contributed by atoms with Crippen molar-refractivity contribution in [2.24, 2.45) is 5.41 Å². The molecule has 28 heavy (non-hydrogen) atoms. The van der Waals surface area contributed by atoms with Crippen molar-refractivity contribution in [3.63, 3.8) is 0 Å². The summed E-state index contributed by atoms with van der Waals surface area (Å²) in [7, 11) is 2.87. The molecule has 1 aromatic rings. The number of fused-ring (bicyclic) bond motifs is 1. The number of carbonyl (C=O) groups is 2. The number of carbonyl (C=O) groups excluding carboxylic acids is 2. The van der Waals surface area contributed by atoms with E-state index in [-0.39, 0.29) is 35.6 Å². The fourth-order valence-electron chi connectivity index (χ4n) is 5.05. The van der Waals surface area contributed by atoms with Crippen molar-refractivity contribution in [2.45, 2.75) is 30.7 Å². The Hall–Kier alpha value is -2.58. The zero-order chi connectivity index (χ0) is 19.7. The number of benzene rings is 1. The summed E-state index contributed by atoms with van der Waals surface area (Å²) in [4.78, 5) is 25.7. The summed E-state index contributed by atoms with van der Waals surface area (Å²) in [5.41, 5.74) is -0.739. The highest BCUT2D eigenvalue weighted by Crippen LogP contribution is 2.62. The van der Waals surface area contributed by atoms with Gasteiger partial charge in [-0.25, -0.2) is 0 Å². The van der Waals surface area contributed by atoms with Crippen LogP contribution in [-0.2, 0) is 23.8 Å². The van der Waals surface area contributed by atoms with E-state index in [4.69, 9.17) is 23.7 Å². The maximum Gasteiger partial charge on any atom is 0.315 e. The zero-order valence-electron chi connectivity index (χ0n) is 15.5. The molecule has 8 heteroatoms. The Morgan fingerprint density at radius 1 is 1.21 bits per heavy atom. The fraction of sp³-hybridized carbons (Fsp3) is 0.500. The van der Waals surface area contributed by atoms with Gasteiger partial charge in [0.25, 0.3) is 0 Å². The summed E-state index contributed by atoms with van der Waals surface area (Å²) in [6.45, 7) is 0.435. The number of hydrogen-bond donors (Lipinski definition) is 1. The third-order valence-electron chi connectivity index (χ3n) is 6.43. The molecule has 4 aliphatic rings. The first-order valence-electron chi connectivity index (χ1n) is 9.13. The highest BCUT2D eigenvalue weighted by molar-refractivity contribution is 6.06. The van der Waals surface area contributed by atoms with Crippen LogP contribution >= 0.6 is 0 Å². The van der Waals surface area contributed by atoms with Gasteiger partial charge < -0.3 is 28.8 Å². The van der Waals surface area contributed by atoms with Crippen molar-refractivity contribution in [3.8, 4) is 17.2 Å². The van der Waals surface area contributed by atoms with Gasteiger partial charge in [-0.05, 0) is 30.2 Å². The second kappa shape index (κ2) is 5.71. The van der Waals surface area contributed by atoms with Crippen LogP contribution < -0.4 is 9.47 Å². The van der Waals surface area contributed by atoms with Crippen molar-refractivity contribution in [2.75, 3.05) is 27.4 Å². The van der Waals surface area contributed by atoms with Gasteiger partial charge in [-0.15, -0.1) is 0 Å². The number of ether oxygens (including phenoxy) is 5. The van der Waals surface area contributed by atoms with Gasteiger partial charge in [0.1, 0.15) is 29.8 Å². The number of methoxy groups -OCH3 is 2. The van der Waals surface area contributed by atoms with Gasteiger partial charge in [-0.1, -0.05) is 0 Å². The van der Waals surface area contributed by atoms with Crippen LogP contribution in [0.25, 0.3) is 6.08 Å². The maximum atomic E-state index is 13.1. The molecule has 2 bridgehead atoms. The van der Waals surface area contributed by atoms with Gasteiger partial charge in [-0.2, -0.15) is 0 Å². The molecule has 0 saturated carbocycles. The molecule has 4 fully saturated rings. The zero-order valence-corrected chi connectivity index (χ0v) is 15.5. The summed E-state index contributed by atoms with van der Waals surface area (Å²) in [6, 6.07) is 3.22. The fourth-order valence-corrected chi connectivity index (χ4v) is 5.05. The highest BCUT2D eigenvalue weighted by Gasteiger charge is 2.77. The Balaban J connectivity index is 1.64. The first-order valence-corrected chi connectivity index (χ1v) is 9.13. The molecule has 5 rings (SSSR count). The number of cyclic esters (lactones) is 1. The lowest BCUT2D eigenvalue weighted by molar-refractivity contribution is -0.197. The van der Waals surface area contributed by atoms with E-state index in [1.807, 2.05) is 0 Å². The number of phenols is 1. The second-order valence-corrected chi connectivity index (χ2v) is 7.60. The molecule has 4 saturated heterocycles. The third-order valence-corrected chi connectivity index (χ3v) is 6.43. The Labute approximate surface area is 161 Å². The Kier molecular flexibility index (Phi) is 3.57. The monoisotopic (exact) mass is 388 g/mol. The van der Waals surface area contributed by atoms with E-state index in [1.54, 1.807) is 18.2 Å². The second-order valence-electron chi connectivity index (χ2n) is 7.60. The molecule has 4 aliphatic heterocycles. The number of aromatic hydroxyl groups is 1. The topological polar surface area (TPSA) is 101 Å². The molecule has 0 aliphatic carbocycles. The van der Waals surface area contributed by atoms with Crippen LogP contribution in [0.5, 0.6) is 17.2 Å². The van der Waals surface area contributed by atoms with Gasteiger partial charge >= 0.3 is 5.97 Å². The van der Waals surface area contributed by atoms with Crippen LogP contribution in [-0.4, -0.2) is 62.1 Å². The molecule has 4 heterocycles. The molecule has 8 nitrogen and oxygen atoms in total. The first-order chi connectivity index (χ1) is 13.5. The van der Waals surface area contributed by atoms with Crippen LogP contribution in [0.2, 0.25) is 0 Å². The van der Waals surface area contributed by atoms with Crippen molar-refractivity contribution < 1.29 is 38.4 Å². The third kappa shape index (κ3) is 1.96. The van der Waals surface area contributed by atoms with Gasteiger partial charge in [-0.3, -0.25) is 9.59 Å². The van der Waals surface area contributed by atoms with E-state index < -0.39 is 23.2 Å². The Bertz CT molecular complexity index is 896. The standard InChI is InChI=1S/C20H20O8/c1-24-12-6-10(7-13(25-2)16(12)22)5-11-15(21)14-8-19-3-4-26-17(11)20(19,28-14)9-27-18(19)23/h5-7,14,17,22H,3-4,8-9H2,1-2H3/t14-,17+,19-,20-/m1/s1. The van der Waals surface area contributed by atoms with Crippen LogP contribution in [0, 0.1) is 5.41 Å². The maximum absolute atomic E-state index is 13.1. The Morgan fingerprint density at radius 3 is 2.61 bits per heavy atom. The van der Waals surface area contributed by atoms with E-state index in [0.29, 0.717) is 30.6 Å². The van der Waals surface area contributed by atoms with Crippen LogP contribution in [0.3, 0.4) is 0 Å². The molecular formula is C20H20O8. The molecule has 0 unspecified atom stereocenters. The SMILES string of the molecule is COc1cc(C=C2C(=O)[C@H]3C[C@@]45CCO[C@@H]2[C@@]4(COC5=O)O3)cc(OC)c1O. The molecule has 4 atom stereocenters. The largest absolute Gasteiger partial charge is 0.502 e. The molecule has 0 amide bonds. The van der Waals surface area contributed by atoms with E-state index in [0.717, 1.165) is 0 Å². The molecule has 0 radical (unpaired) electrons. The summed E-state index contributed by atoms with van der Waals surface area (Å²) in [5, 5.41) is 10.1. The number of ketones is 1. The smallest absolute Gasteiger partial charge is 0.315 e. The van der Waals surface area contributed by atoms with Gasteiger partial charge in [0, 0.05) is 18.6 Å². The minimum atomic E-state index is -0.960. The molecule has 1 aromatic carbocycles. The number of hydrogen-bond acceptors (Lipinski definition) is 8.